The summed E-state index contributed by atoms with van der Waals surface area (Å²) in [4.78, 5) is 14.3. The molecule has 5 nitrogen and oxygen atoms in total. The van der Waals surface area contributed by atoms with E-state index in [-0.39, 0.29) is 23.2 Å². The molecular formula is C20H26N2O3. The lowest BCUT2D eigenvalue weighted by Crippen LogP contribution is -2.42. The highest BCUT2D eigenvalue weighted by Crippen LogP contribution is 2.42. The Kier molecular flexibility index (Phi) is 4.50. The second-order valence-corrected chi connectivity index (χ2v) is 7.81. The van der Waals surface area contributed by atoms with Crippen LogP contribution < -0.4 is 5.32 Å². The van der Waals surface area contributed by atoms with Gasteiger partial charge < -0.3 is 19.7 Å². The van der Waals surface area contributed by atoms with Crippen LogP contribution in [0.4, 0.5) is 4.79 Å². The number of benzene rings is 1. The van der Waals surface area contributed by atoms with Gasteiger partial charge in [0.25, 0.3) is 0 Å². The average Bonchev–Trinajstić information content (AvgIpc) is 2.86. The van der Waals surface area contributed by atoms with E-state index in [9.17, 15) is 9.90 Å². The molecule has 134 valence electrons. The number of furan rings is 1. The smallest absolute Gasteiger partial charge is 0.317 e. The monoisotopic (exact) mass is 342 g/mol. The zero-order valence-corrected chi connectivity index (χ0v) is 15.3. The Hall–Kier alpha value is -2.43. The Morgan fingerprint density at radius 2 is 2.16 bits per heavy atom. The van der Waals surface area contributed by atoms with Crippen molar-refractivity contribution in [2.45, 2.75) is 46.2 Å². The summed E-state index contributed by atoms with van der Waals surface area (Å²) in [6, 6.07) is 8.82. The molecule has 2 N–H and O–H groups in total. The maximum absolute atomic E-state index is 12.6. The Labute approximate surface area is 148 Å². The molecule has 1 atom stereocenters. The molecule has 5 heteroatoms. The number of hydrogen-bond acceptors (Lipinski definition) is 3. The number of aryl methyl sites for hydroxylation is 1. The minimum Gasteiger partial charge on any atom is -0.508 e. The molecule has 0 unspecified atom stereocenters. The van der Waals surface area contributed by atoms with Gasteiger partial charge in [-0.3, -0.25) is 0 Å². The lowest BCUT2D eigenvalue weighted by molar-refractivity contribution is 0.188. The number of amides is 2. The molecule has 1 aromatic carbocycles. The van der Waals surface area contributed by atoms with Gasteiger partial charge in [0.05, 0.1) is 6.04 Å². The largest absolute Gasteiger partial charge is 0.508 e. The molecule has 1 aliphatic rings. The van der Waals surface area contributed by atoms with E-state index in [0.717, 1.165) is 35.5 Å². The number of carbonyl (C=O) groups is 1. The van der Waals surface area contributed by atoms with Crippen LogP contribution in [0.25, 0.3) is 0 Å². The Balaban J connectivity index is 1.71. The first-order valence-corrected chi connectivity index (χ1v) is 8.62. The van der Waals surface area contributed by atoms with Crippen LogP contribution in [0.2, 0.25) is 0 Å². The van der Waals surface area contributed by atoms with Crippen molar-refractivity contribution in [3.05, 3.63) is 53.0 Å². The number of aromatic hydroxyl groups is 1. The van der Waals surface area contributed by atoms with Gasteiger partial charge in [-0.25, -0.2) is 4.79 Å². The molecule has 3 rings (SSSR count). The highest BCUT2D eigenvalue weighted by molar-refractivity contribution is 5.74. The zero-order chi connectivity index (χ0) is 18.2. The maximum atomic E-state index is 12.6. The minimum atomic E-state index is -0.129. The van der Waals surface area contributed by atoms with Crippen LogP contribution in [0.3, 0.4) is 0 Å². The van der Waals surface area contributed by atoms with E-state index < -0.39 is 0 Å². The molecule has 1 aromatic heterocycles. The highest BCUT2D eigenvalue weighted by Gasteiger charge is 2.35. The summed E-state index contributed by atoms with van der Waals surface area (Å²) in [6.07, 6.45) is 1.77. The molecule has 0 saturated heterocycles. The third-order valence-electron chi connectivity index (χ3n) is 4.71. The van der Waals surface area contributed by atoms with E-state index in [1.54, 1.807) is 30.1 Å². The third-order valence-corrected chi connectivity index (χ3v) is 4.71. The first-order chi connectivity index (χ1) is 11.7. The molecule has 0 fully saturated rings. The number of urea groups is 1. The van der Waals surface area contributed by atoms with Gasteiger partial charge in [-0.2, -0.15) is 0 Å². The number of hydrogen-bond donors (Lipinski definition) is 2. The number of phenolic OH excluding ortho intramolecular Hbond substituents is 1. The van der Waals surface area contributed by atoms with Gasteiger partial charge >= 0.3 is 6.03 Å². The van der Waals surface area contributed by atoms with Crippen LogP contribution in [0.15, 0.2) is 34.7 Å². The summed E-state index contributed by atoms with van der Waals surface area (Å²) in [5, 5.41) is 12.7. The zero-order valence-electron chi connectivity index (χ0n) is 15.3. The molecule has 25 heavy (non-hydrogen) atoms. The Bertz CT molecular complexity index is 779. The van der Waals surface area contributed by atoms with Crippen LogP contribution in [0, 0.1) is 12.3 Å². The van der Waals surface area contributed by atoms with Gasteiger partial charge in [0.15, 0.2) is 0 Å². The van der Waals surface area contributed by atoms with Gasteiger partial charge in [-0.05, 0) is 42.5 Å². The lowest BCUT2D eigenvalue weighted by Gasteiger charge is -2.35. The van der Waals surface area contributed by atoms with Gasteiger partial charge in [0, 0.05) is 25.6 Å². The average molecular weight is 342 g/mol. The van der Waals surface area contributed by atoms with E-state index in [4.69, 9.17) is 4.42 Å². The predicted octanol–water partition coefficient (Wildman–Crippen LogP) is 4.15. The highest BCUT2D eigenvalue weighted by atomic mass is 16.3. The summed E-state index contributed by atoms with van der Waals surface area (Å²) in [5.41, 5.74) is 2.07. The van der Waals surface area contributed by atoms with Crippen molar-refractivity contribution in [1.29, 1.82) is 0 Å². The lowest BCUT2D eigenvalue weighted by atomic mass is 9.75. The molecule has 1 heterocycles. The molecule has 2 amide bonds. The SMILES string of the molecule is Cc1cc2c(o1)CC(C)(C)C[C@H]2NC(=O)N(C)Cc1cccc(O)c1. The van der Waals surface area contributed by atoms with Crippen molar-refractivity contribution in [3.63, 3.8) is 0 Å². The fourth-order valence-electron chi connectivity index (χ4n) is 3.57. The van der Waals surface area contributed by atoms with Crippen LogP contribution in [0.5, 0.6) is 5.75 Å². The molecule has 0 radical (unpaired) electrons. The van der Waals surface area contributed by atoms with Crippen molar-refractivity contribution >= 4 is 6.03 Å². The van der Waals surface area contributed by atoms with Crippen molar-refractivity contribution in [1.82, 2.24) is 10.2 Å². The van der Waals surface area contributed by atoms with Crippen molar-refractivity contribution in [2.24, 2.45) is 5.41 Å². The van der Waals surface area contributed by atoms with Crippen LogP contribution in [0.1, 0.15) is 49.0 Å². The van der Waals surface area contributed by atoms with Crippen LogP contribution >= 0.6 is 0 Å². The van der Waals surface area contributed by atoms with E-state index in [1.165, 1.54) is 0 Å². The van der Waals surface area contributed by atoms with Crippen LogP contribution in [-0.2, 0) is 13.0 Å². The second-order valence-electron chi connectivity index (χ2n) is 7.81. The minimum absolute atomic E-state index is 0.0460. The van der Waals surface area contributed by atoms with Gasteiger partial charge in [-0.15, -0.1) is 0 Å². The molecule has 0 bridgehead atoms. The van der Waals surface area contributed by atoms with E-state index in [0.29, 0.717) is 6.54 Å². The van der Waals surface area contributed by atoms with E-state index >= 15 is 0 Å². The number of nitrogens with one attached hydrogen (secondary N) is 1. The summed E-state index contributed by atoms with van der Waals surface area (Å²) in [6.45, 7) is 6.78. The summed E-state index contributed by atoms with van der Waals surface area (Å²) in [5.74, 6) is 2.07. The molecule has 0 aliphatic heterocycles. The molecular weight excluding hydrogens is 316 g/mol. The predicted molar refractivity (Wildman–Crippen MR) is 96.4 cm³/mol. The van der Waals surface area contributed by atoms with Gasteiger partial charge in [-0.1, -0.05) is 26.0 Å². The van der Waals surface area contributed by atoms with Crippen molar-refractivity contribution < 1.29 is 14.3 Å². The Morgan fingerprint density at radius 3 is 2.88 bits per heavy atom. The number of phenols is 1. The van der Waals surface area contributed by atoms with E-state index in [2.05, 4.69) is 19.2 Å². The fourth-order valence-corrected chi connectivity index (χ4v) is 3.57. The first-order valence-electron chi connectivity index (χ1n) is 8.62. The number of nitrogens with zero attached hydrogens (tertiary/aromatic N) is 1. The number of carbonyl (C=O) groups excluding carboxylic acids is 1. The second kappa shape index (κ2) is 6.47. The number of rotatable bonds is 3. The Morgan fingerprint density at radius 1 is 1.40 bits per heavy atom. The van der Waals surface area contributed by atoms with Crippen LogP contribution in [-0.4, -0.2) is 23.1 Å². The fraction of sp³-hybridized carbons (Fsp3) is 0.450. The molecule has 2 aromatic rings. The normalized spacial score (nSPS) is 18.5. The molecule has 0 spiro atoms. The van der Waals surface area contributed by atoms with E-state index in [1.807, 2.05) is 19.1 Å². The first kappa shape index (κ1) is 17.4. The maximum Gasteiger partial charge on any atom is 0.317 e. The summed E-state index contributed by atoms with van der Waals surface area (Å²) >= 11 is 0. The topological polar surface area (TPSA) is 65.7 Å². The molecule has 0 saturated carbocycles. The standard InChI is InChI=1S/C20H26N2O3/c1-13-8-16-17(10-20(2,3)11-18(16)25-13)21-19(24)22(4)12-14-6-5-7-15(23)9-14/h5-9,17,23H,10-12H2,1-4H3,(H,21,24)/t17-/m1/s1. The van der Waals surface area contributed by atoms with Crippen molar-refractivity contribution in [3.8, 4) is 5.75 Å². The van der Waals surface area contributed by atoms with Gasteiger partial charge in [0.1, 0.15) is 17.3 Å². The summed E-state index contributed by atoms with van der Waals surface area (Å²) in [7, 11) is 1.76. The van der Waals surface area contributed by atoms with Gasteiger partial charge in [0.2, 0.25) is 0 Å². The molecule has 1 aliphatic carbocycles. The summed E-state index contributed by atoms with van der Waals surface area (Å²) < 4.78 is 5.83. The number of fused-ring (bicyclic) bond motifs is 1. The quantitative estimate of drug-likeness (QED) is 0.881. The third kappa shape index (κ3) is 3.98. The van der Waals surface area contributed by atoms with Crippen molar-refractivity contribution in [2.75, 3.05) is 7.05 Å².